The van der Waals surface area contributed by atoms with Gasteiger partial charge in [0, 0.05) is 26.2 Å². The van der Waals surface area contributed by atoms with Gasteiger partial charge in [0.1, 0.15) is 6.42 Å². The first-order valence-electron chi connectivity index (χ1n) is 9.71. The highest BCUT2D eigenvalue weighted by Gasteiger charge is 2.27. The van der Waals surface area contributed by atoms with Crippen LogP contribution in [0.25, 0.3) is 0 Å². The van der Waals surface area contributed by atoms with Crippen LogP contribution < -0.4 is 0 Å². The Morgan fingerprint density at radius 2 is 1.64 bits per heavy atom. The molecule has 0 N–H and O–H groups in total. The highest BCUT2D eigenvalue weighted by atomic mass is 16.2. The van der Waals surface area contributed by atoms with Gasteiger partial charge in [-0.15, -0.1) is 0 Å². The summed E-state index contributed by atoms with van der Waals surface area (Å²) in [4.78, 5) is 28.6. The van der Waals surface area contributed by atoms with E-state index in [0.717, 1.165) is 51.9 Å². The van der Waals surface area contributed by atoms with Crippen molar-refractivity contribution in [1.82, 2.24) is 9.80 Å². The van der Waals surface area contributed by atoms with E-state index < -0.39 is 0 Å². The normalized spacial score (nSPS) is 22.0. The molecule has 0 aliphatic carbocycles. The van der Waals surface area contributed by atoms with Crippen LogP contribution in [0.5, 0.6) is 0 Å². The first-order chi connectivity index (χ1) is 12.1. The SMILES string of the molecule is CC1CCCN(C(=O)CC(=O)N2CCC(Cc3ccccc3)CC2)C1. The number of amides is 2. The summed E-state index contributed by atoms with van der Waals surface area (Å²) in [7, 11) is 0. The standard InChI is InChI=1S/C21H30N2O2/c1-17-6-5-11-23(16-17)21(25)15-20(24)22-12-9-19(10-13-22)14-18-7-3-2-4-8-18/h2-4,7-8,17,19H,5-6,9-16H2,1H3. The lowest BCUT2D eigenvalue weighted by Gasteiger charge is -2.34. The van der Waals surface area contributed by atoms with Gasteiger partial charge in [-0.25, -0.2) is 0 Å². The molecule has 0 spiro atoms. The van der Waals surface area contributed by atoms with Gasteiger partial charge in [-0.2, -0.15) is 0 Å². The van der Waals surface area contributed by atoms with Crippen LogP contribution in [0.4, 0.5) is 0 Å². The molecule has 2 heterocycles. The fourth-order valence-corrected chi connectivity index (χ4v) is 4.10. The third kappa shape index (κ3) is 5.07. The van der Waals surface area contributed by atoms with Crippen LogP contribution in [0.3, 0.4) is 0 Å². The number of likely N-dealkylation sites (tertiary alicyclic amines) is 2. The van der Waals surface area contributed by atoms with Crippen LogP contribution in [-0.2, 0) is 16.0 Å². The summed E-state index contributed by atoms with van der Waals surface area (Å²) in [6, 6.07) is 10.6. The Labute approximate surface area is 151 Å². The number of hydrogen-bond donors (Lipinski definition) is 0. The fraction of sp³-hybridized carbons (Fsp3) is 0.619. The molecule has 2 aliphatic heterocycles. The molecule has 2 amide bonds. The molecule has 1 aromatic carbocycles. The lowest BCUT2D eigenvalue weighted by molar-refractivity contribution is -0.142. The highest BCUT2D eigenvalue weighted by molar-refractivity contribution is 5.97. The van der Waals surface area contributed by atoms with Crippen LogP contribution in [0.1, 0.15) is 44.6 Å². The summed E-state index contributed by atoms with van der Waals surface area (Å²) in [5.74, 6) is 1.23. The number of piperidine rings is 2. The number of carbonyl (C=O) groups is 2. The van der Waals surface area contributed by atoms with Crippen molar-refractivity contribution >= 4 is 11.8 Å². The number of hydrogen-bond acceptors (Lipinski definition) is 2. The van der Waals surface area contributed by atoms with E-state index in [9.17, 15) is 9.59 Å². The van der Waals surface area contributed by atoms with Gasteiger partial charge in [-0.05, 0) is 49.5 Å². The Morgan fingerprint density at radius 3 is 2.32 bits per heavy atom. The summed E-state index contributed by atoms with van der Waals surface area (Å²) in [5, 5.41) is 0. The molecule has 1 aromatic rings. The second-order valence-corrected chi connectivity index (χ2v) is 7.78. The monoisotopic (exact) mass is 342 g/mol. The van der Waals surface area contributed by atoms with Gasteiger partial charge < -0.3 is 9.80 Å². The second-order valence-electron chi connectivity index (χ2n) is 7.78. The molecule has 25 heavy (non-hydrogen) atoms. The molecule has 4 nitrogen and oxygen atoms in total. The van der Waals surface area contributed by atoms with Gasteiger partial charge in [-0.3, -0.25) is 9.59 Å². The molecular formula is C21H30N2O2. The number of carbonyl (C=O) groups excluding carboxylic acids is 2. The number of nitrogens with zero attached hydrogens (tertiary/aromatic N) is 2. The first-order valence-corrected chi connectivity index (χ1v) is 9.71. The van der Waals surface area contributed by atoms with Crippen molar-refractivity contribution in [2.75, 3.05) is 26.2 Å². The van der Waals surface area contributed by atoms with Crippen LogP contribution in [0.2, 0.25) is 0 Å². The quantitative estimate of drug-likeness (QED) is 0.789. The van der Waals surface area contributed by atoms with Gasteiger partial charge in [-0.1, -0.05) is 37.3 Å². The molecule has 2 aliphatic rings. The molecular weight excluding hydrogens is 312 g/mol. The molecule has 3 rings (SSSR count). The zero-order valence-electron chi connectivity index (χ0n) is 15.3. The molecule has 4 heteroatoms. The van der Waals surface area contributed by atoms with E-state index in [-0.39, 0.29) is 18.2 Å². The maximum absolute atomic E-state index is 12.5. The van der Waals surface area contributed by atoms with E-state index >= 15 is 0 Å². The molecule has 1 unspecified atom stereocenters. The summed E-state index contributed by atoms with van der Waals surface area (Å²) in [5.41, 5.74) is 1.38. The molecule has 0 aromatic heterocycles. The van der Waals surface area contributed by atoms with E-state index in [1.165, 1.54) is 12.0 Å². The van der Waals surface area contributed by atoms with E-state index in [1.807, 2.05) is 15.9 Å². The Kier molecular flexibility index (Phi) is 6.11. The van der Waals surface area contributed by atoms with E-state index in [4.69, 9.17) is 0 Å². The third-order valence-corrected chi connectivity index (χ3v) is 5.65. The lowest BCUT2D eigenvalue weighted by Crippen LogP contribution is -2.44. The van der Waals surface area contributed by atoms with Gasteiger partial charge in [0.05, 0.1) is 0 Å². The molecule has 0 saturated carbocycles. The summed E-state index contributed by atoms with van der Waals surface area (Å²) in [6.45, 7) is 5.39. The zero-order chi connectivity index (χ0) is 17.6. The van der Waals surface area contributed by atoms with Crippen LogP contribution in [0, 0.1) is 11.8 Å². The Balaban J connectivity index is 1.43. The smallest absolute Gasteiger partial charge is 0.232 e. The van der Waals surface area contributed by atoms with E-state index in [1.54, 1.807) is 0 Å². The van der Waals surface area contributed by atoms with Crippen molar-refractivity contribution in [2.45, 2.75) is 45.4 Å². The minimum Gasteiger partial charge on any atom is -0.342 e. The maximum atomic E-state index is 12.5. The number of benzene rings is 1. The minimum absolute atomic E-state index is 0.0152. The van der Waals surface area contributed by atoms with Gasteiger partial charge in [0.25, 0.3) is 0 Å². The Morgan fingerprint density at radius 1 is 0.960 bits per heavy atom. The zero-order valence-corrected chi connectivity index (χ0v) is 15.3. The predicted octanol–water partition coefficient (Wildman–Crippen LogP) is 3.12. The van der Waals surface area contributed by atoms with Crippen LogP contribution in [0.15, 0.2) is 30.3 Å². The number of rotatable bonds is 4. The first kappa shape index (κ1) is 18.0. The molecule has 136 valence electrons. The van der Waals surface area contributed by atoms with Crippen molar-refractivity contribution in [3.8, 4) is 0 Å². The van der Waals surface area contributed by atoms with E-state index in [0.29, 0.717) is 11.8 Å². The van der Waals surface area contributed by atoms with Crippen molar-refractivity contribution in [3.63, 3.8) is 0 Å². The van der Waals surface area contributed by atoms with Crippen molar-refractivity contribution < 1.29 is 9.59 Å². The van der Waals surface area contributed by atoms with Crippen LogP contribution >= 0.6 is 0 Å². The summed E-state index contributed by atoms with van der Waals surface area (Å²) in [6.07, 6.45) is 5.47. The summed E-state index contributed by atoms with van der Waals surface area (Å²) < 4.78 is 0. The molecule has 2 saturated heterocycles. The molecule has 1 atom stereocenters. The second kappa shape index (κ2) is 8.50. The minimum atomic E-state index is 0.0152. The average molecular weight is 342 g/mol. The summed E-state index contributed by atoms with van der Waals surface area (Å²) >= 11 is 0. The molecule has 2 fully saturated rings. The highest BCUT2D eigenvalue weighted by Crippen LogP contribution is 2.22. The third-order valence-electron chi connectivity index (χ3n) is 5.65. The van der Waals surface area contributed by atoms with Crippen molar-refractivity contribution in [2.24, 2.45) is 11.8 Å². The average Bonchev–Trinajstić information content (AvgIpc) is 2.63. The predicted molar refractivity (Wildman–Crippen MR) is 99.0 cm³/mol. The largest absolute Gasteiger partial charge is 0.342 e. The van der Waals surface area contributed by atoms with Crippen molar-refractivity contribution in [1.29, 1.82) is 0 Å². The Hall–Kier alpha value is -1.84. The van der Waals surface area contributed by atoms with Crippen molar-refractivity contribution in [3.05, 3.63) is 35.9 Å². The lowest BCUT2D eigenvalue weighted by atomic mass is 9.90. The molecule has 0 radical (unpaired) electrons. The van der Waals surface area contributed by atoms with Gasteiger partial charge in [0.15, 0.2) is 0 Å². The molecule has 0 bridgehead atoms. The maximum Gasteiger partial charge on any atom is 0.232 e. The van der Waals surface area contributed by atoms with Gasteiger partial charge in [0.2, 0.25) is 11.8 Å². The fourth-order valence-electron chi connectivity index (χ4n) is 4.10. The Bertz CT molecular complexity index is 579. The topological polar surface area (TPSA) is 40.6 Å². The van der Waals surface area contributed by atoms with Crippen LogP contribution in [-0.4, -0.2) is 47.8 Å². The van der Waals surface area contributed by atoms with Gasteiger partial charge >= 0.3 is 0 Å². The van der Waals surface area contributed by atoms with E-state index in [2.05, 4.69) is 31.2 Å².